The van der Waals surface area contributed by atoms with E-state index in [4.69, 9.17) is 5.53 Å². The maximum Gasteiger partial charge on any atom is 0.417 e. The first-order valence-corrected chi connectivity index (χ1v) is 4.95. The molecule has 1 rings (SSSR count). The van der Waals surface area contributed by atoms with E-state index in [0.717, 1.165) is 0 Å². The van der Waals surface area contributed by atoms with E-state index >= 15 is 0 Å². The fraction of sp³-hybridized carbons (Fsp3) is 0.273. The van der Waals surface area contributed by atoms with Gasteiger partial charge in [0, 0.05) is 10.5 Å². The molecule has 3 nitrogen and oxygen atoms in total. The Labute approximate surface area is 108 Å². The standard InChI is InChI=1S/C11H5F6N3/c12-10(13,14)8-4-1-5-9(11(15,16)17)7(8)3-2-6-19-20-18/h1,4-5H,6H2. The number of halogens is 6. The van der Waals surface area contributed by atoms with Gasteiger partial charge in [0.25, 0.3) is 0 Å². The summed E-state index contributed by atoms with van der Waals surface area (Å²) in [5.41, 5.74) is 3.81. The van der Waals surface area contributed by atoms with Crippen molar-refractivity contribution < 1.29 is 26.3 Å². The van der Waals surface area contributed by atoms with Crippen LogP contribution in [0.5, 0.6) is 0 Å². The van der Waals surface area contributed by atoms with Crippen LogP contribution >= 0.6 is 0 Å². The van der Waals surface area contributed by atoms with E-state index in [-0.39, 0.29) is 0 Å². The van der Waals surface area contributed by atoms with E-state index < -0.39 is 35.6 Å². The van der Waals surface area contributed by atoms with Crippen molar-refractivity contribution in [2.24, 2.45) is 5.11 Å². The fourth-order valence-corrected chi connectivity index (χ4v) is 1.35. The average molecular weight is 293 g/mol. The van der Waals surface area contributed by atoms with Gasteiger partial charge in [-0.2, -0.15) is 26.3 Å². The summed E-state index contributed by atoms with van der Waals surface area (Å²) in [4.78, 5) is 2.29. The lowest BCUT2D eigenvalue weighted by Crippen LogP contribution is -2.14. The lowest BCUT2D eigenvalue weighted by molar-refractivity contribution is -0.143. The summed E-state index contributed by atoms with van der Waals surface area (Å²) in [6.45, 7) is -0.528. The molecule has 1 aromatic carbocycles. The van der Waals surface area contributed by atoms with Gasteiger partial charge in [-0.1, -0.05) is 23.0 Å². The van der Waals surface area contributed by atoms with Crippen LogP contribution in [0.1, 0.15) is 16.7 Å². The maximum absolute atomic E-state index is 12.7. The van der Waals surface area contributed by atoms with Gasteiger partial charge >= 0.3 is 12.4 Å². The van der Waals surface area contributed by atoms with Crippen LogP contribution in [-0.2, 0) is 12.4 Å². The Balaban J connectivity index is 3.47. The van der Waals surface area contributed by atoms with Crippen LogP contribution in [0.2, 0.25) is 0 Å². The zero-order chi connectivity index (χ0) is 15.4. The summed E-state index contributed by atoms with van der Waals surface area (Å²) < 4.78 is 76.0. The summed E-state index contributed by atoms with van der Waals surface area (Å²) in [7, 11) is 0. The number of hydrogen-bond donors (Lipinski definition) is 0. The van der Waals surface area contributed by atoms with E-state index in [1.54, 1.807) is 5.92 Å². The zero-order valence-corrected chi connectivity index (χ0v) is 9.55. The fourth-order valence-electron chi connectivity index (χ4n) is 1.35. The third kappa shape index (κ3) is 3.83. The van der Waals surface area contributed by atoms with Crippen molar-refractivity contribution in [3.8, 4) is 11.8 Å². The van der Waals surface area contributed by atoms with Gasteiger partial charge in [-0.15, -0.1) is 0 Å². The molecule has 0 aliphatic carbocycles. The first-order valence-electron chi connectivity index (χ1n) is 4.95. The molecule has 0 fully saturated rings. The van der Waals surface area contributed by atoms with E-state index in [0.29, 0.717) is 18.2 Å². The van der Waals surface area contributed by atoms with Crippen molar-refractivity contribution in [1.29, 1.82) is 0 Å². The van der Waals surface area contributed by atoms with Gasteiger partial charge < -0.3 is 0 Å². The second kappa shape index (κ2) is 5.75. The zero-order valence-electron chi connectivity index (χ0n) is 9.55. The highest BCUT2D eigenvalue weighted by molar-refractivity contribution is 5.50. The van der Waals surface area contributed by atoms with Crippen LogP contribution in [0.15, 0.2) is 23.3 Å². The number of hydrogen-bond acceptors (Lipinski definition) is 1. The lowest BCUT2D eigenvalue weighted by atomic mass is 10.0. The highest BCUT2D eigenvalue weighted by Crippen LogP contribution is 2.38. The molecule has 0 amide bonds. The summed E-state index contributed by atoms with van der Waals surface area (Å²) in [6, 6.07) is 1.67. The number of rotatable bonds is 1. The third-order valence-electron chi connectivity index (χ3n) is 2.10. The van der Waals surface area contributed by atoms with Crippen molar-refractivity contribution in [2.45, 2.75) is 12.4 Å². The van der Waals surface area contributed by atoms with Gasteiger partial charge in [-0.3, -0.25) is 0 Å². The molecule has 0 bridgehead atoms. The third-order valence-corrected chi connectivity index (χ3v) is 2.10. The Morgan fingerprint density at radius 2 is 1.55 bits per heavy atom. The molecule has 0 heterocycles. The van der Waals surface area contributed by atoms with Crippen LogP contribution in [0.25, 0.3) is 10.4 Å². The molecule has 0 saturated carbocycles. The van der Waals surface area contributed by atoms with Gasteiger partial charge in [-0.25, -0.2) is 0 Å². The van der Waals surface area contributed by atoms with Crippen LogP contribution in [0.4, 0.5) is 26.3 Å². The molecule has 0 spiro atoms. The van der Waals surface area contributed by atoms with Crippen molar-refractivity contribution in [3.63, 3.8) is 0 Å². The molecule has 0 saturated heterocycles. The number of benzene rings is 1. The van der Waals surface area contributed by atoms with E-state index in [9.17, 15) is 26.3 Å². The predicted molar refractivity (Wildman–Crippen MR) is 57.3 cm³/mol. The van der Waals surface area contributed by atoms with Crippen LogP contribution in [0.3, 0.4) is 0 Å². The van der Waals surface area contributed by atoms with Gasteiger partial charge in [0.05, 0.1) is 17.7 Å². The molecule has 0 unspecified atom stereocenters. The summed E-state index contributed by atoms with van der Waals surface area (Å²) >= 11 is 0. The molecule has 0 aromatic heterocycles. The minimum Gasteiger partial charge on any atom is -0.166 e. The Kier molecular flexibility index (Phi) is 4.53. The molecule has 20 heavy (non-hydrogen) atoms. The lowest BCUT2D eigenvalue weighted by Gasteiger charge is -2.14. The van der Waals surface area contributed by atoms with Crippen LogP contribution in [0, 0.1) is 11.8 Å². The second-order valence-electron chi connectivity index (χ2n) is 3.41. The predicted octanol–water partition coefficient (Wildman–Crippen LogP) is 4.39. The van der Waals surface area contributed by atoms with Gasteiger partial charge in [-0.05, 0) is 17.7 Å². The topological polar surface area (TPSA) is 48.8 Å². The van der Waals surface area contributed by atoms with Gasteiger partial charge in [0.15, 0.2) is 0 Å². The number of azide groups is 1. The normalized spacial score (nSPS) is 11.3. The minimum absolute atomic E-state index is 0.507. The Morgan fingerprint density at radius 1 is 1.05 bits per heavy atom. The largest absolute Gasteiger partial charge is 0.417 e. The molecule has 106 valence electrons. The first-order chi connectivity index (χ1) is 9.18. The quantitative estimate of drug-likeness (QED) is 0.242. The highest BCUT2D eigenvalue weighted by atomic mass is 19.4. The molecular weight excluding hydrogens is 288 g/mol. The van der Waals surface area contributed by atoms with E-state index in [1.165, 1.54) is 0 Å². The summed E-state index contributed by atoms with van der Waals surface area (Å²) in [5.74, 6) is 3.73. The SMILES string of the molecule is [N-]=[N+]=NCC#Cc1c(C(F)(F)F)cccc1C(F)(F)F. The van der Waals surface area contributed by atoms with E-state index in [1.807, 2.05) is 5.92 Å². The molecule has 1 aromatic rings. The molecule has 9 heteroatoms. The second-order valence-corrected chi connectivity index (χ2v) is 3.41. The summed E-state index contributed by atoms with van der Waals surface area (Å²) in [6.07, 6.45) is -9.94. The number of nitrogens with zero attached hydrogens (tertiary/aromatic N) is 3. The van der Waals surface area contributed by atoms with Crippen LogP contribution < -0.4 is 0 Å². The molecule has 0 radical (unpaired) electrons. The minimum atomic E-state index is -4.97. The Morgan fingerprint density at radius 3 is 1.95 bits per heavy atom. The molecule has 0 aliphatic heterocycles. The molecule has 0 aliphatic rings. The van der Waals surface area contributed by atoms with Crippen LogP contribution in [-0.4, -0.2) is 6.54 Å². The molecular formula is C11H5F6N3. The van der Waals surface area contributed by atoms with Crippen molar-refractivity contribution in [1.82, 2.24) is 0 Å². The van der Waals surface area contributed by atoms with Gasteiger partial charge in [0.1, 0.15) is 0 Å². The van der Waals surface area contributed by atoms with Crippen molar-refractivity contribution >= 4 is 0 Å². The number of alkyl halides is 6. The maximum atomic E-state index is 12.7. The monoisotopic (exact) mass is 293 g/mol. The Hall–Kier alpha value is -2.33. The Bertz CT molecular complexity index is 567. The highest BCUT2D eigenvalue weighted by Gasteiger charge is 2.40. The van der Waals surface area contributed by atoms with Gasteiger partial charge in [0.2, 0.25) is 0 Å². The first kappa shape index (κ1) is 15.7. The van der Waals surface area contributed by atoms with Crippen molar-refractivity contribution in [3.05, 3.63) is 45.3 Å². The molecule has 0 atom stereocenters. The average Bonchev–Trinajstić information content (AvgIpc) is 2.32. The molecule has 0 N–H and O–H groups in total. The van der Waals surface area contributed by atoms with Crippen molar-refractivity contribution in [2.75, 3.05) is 6.54 Å². The smallest absolute Gasteiger partial charge is 0.166 e. The van der Waals surface area contributed by atoms with E-state index in [2.05, 4.69) is 10.0 Å². The summed E-state index contributed by atoms with van der Waals surface area (Å²) in [5, 5.41) is 2.91.